The minimum atomic E-state index is -3.92. The van der Waals surface area contributed by atoms with Crippen molar-refractivity contribution < 1.29 is 13.2 Å². The van der Waals surface area contributed by atoms with Crippen molar-refractivity contribution in [1.29, 1.82) is 0 Å². The molecule has 178 valence electrons. The van der Waals surface area contributed by atoms with E-state index >= 15 is 0 Å². The number of benzene rings is 3. The minimum Gasteiger partial charge on any atom is -0.348 e. The molecule has 1 amide bonds. The lowest BCUT2D eigenvalue weighted by Crippen LogP contribution is -2.42. The molecule has 0 aromatic heterocycles. The Bertz CT molecular complexity index is 1260. The molecule has 3 aromatic rings. The van der Waals surface area contributed by atoms with Crippen LogP contribution in [0.25, 0.3) is 0 Å². The summed E-state index contributed by atoms with van der Waals surface area (Å²) in [5.74, 6) is -0.327. The Morgan fingerprint density at radius 2 is 1.62 bits per heavy atom. The molecule has 1 aliphatic rings. The summed E-state index contributed by atoms with van der Waals surface area (Å²) in [5.41, 5.74) is 5.13. The van der Waals surface area contributed by atoms with Crippen LogP contribution in [0, 0.1) is 6.92 Å². The molecule has 0 aliphatic heterocycles. The molecule has 4 rings (SSSR count). The summed E-state index contributed by atoms with van der Waals surface area (Å²) < 4.78 is 28.3. The van der Waals surface area contributed by atoms with Crippen LogP contribution in [0.15, 0.2) is 77.7 Å². The number of fused-ring (bicyclic) bond motifs is 1. The zero-order chi connectivity index (χ0) is 24.1. The van der Waals surface area contributed by atoms with Crippen LogP contribution in [0.4, 0.5) is 5.69 Å². The molecule has 34 heavy (non-hydrogen) atoms. The number of nitrogens with one attached hydrogen (secondary N) is 1. The van der Waals surface area contributed by atoms with Gasteiger partial charge in [0.05, 0.1) is 16.6 Å². The lowest BCUT2D eigenvalue weighted by atomic mass is 9.89. The van der Waals surface area contributed by atoms with Crippen LogP contribution < -0.4 is 9.62 Å². The average Bonchev–Trinajstić information content (AvgIpc) is 2.86. The van der Waals surface area contributed by atoms with Crippen LogP contribution in [-0.4, -0.2) is 20.9 Å². The molecule has 0 saturated heterocycles. The number of aryl methyl sites for hydroxylation is 3. The van der Waals surface area contributed by atoms with Crippen LogP contribution in [0.3, 0.4) is 0 Å². The molecule has 1 atom stereocenters. The molecule has 0 heterocycles. The third-order valence-corrected chi connectivity index (χ3v) is 8.29. The highest BCUT2D eigenvalue weighted by molar-refractivity contribution is 7.92. The first-order valence-corrected chi connectivity index (χ1v) is 13.4. The summed E-state index contributed by atoms with van der Waals surface area (Å²) in [7, 11) is -3.92. The summed E-state index contributed by atoms with van der Waals surface area (Å²) in [4.78, 5) is 13.4. The highest BCUT2D eigenvalue weighted by atomic mass is 32.2. The molecule has 0 saturated carbocycles. The summed E-state index contributed by atoms with van der Waals surface area (Å²) in [6.45, 7) is 3.59. The Morgan fingerprint density at radius 3 is 2.32 bits per heavy atom. The van der Waals surface area contributed by atoms with Crippen molar-refractivity contribution in [3.05, 3.63) is 95.1 Å². The fourth-order valence-corrected chi connectivity index (χ4v) is 6.13. The van der Waals surface area contributed by atoms with Gasteiger partial charge in [0.2, 0.25) is 5.91 Å². The Kier molecular flexibility index (Phi) is 7.37. The lowest BCUT2D eigenvalue weighted by Gasteiger charge is -2.27. The van der Waals surface area contributed by atoms with E-state index in [1.807, 2.05) is 26.0 Å². The van der Waals surface area contributed by atoms with E-state index in [9.17, 15) is 13.2 Å². The normalized spacial score (nSPS) is 14.2. The molecule has 6 heteroatoms. The molecule has 0 fully saturated rings. The molecule has 0 spiro atoms. The van der Waals surface area contributed by atoms with Gasteiger partial charge >= 0.3 is 0 Å². The SMILES string of the molecule is CC[C@@H](NC(=O)CN(c1ccccc1C)S(=O)(=O)c1ccccc1)c1ccc2c(c1)CCCC2. The molecular formula is C28H32N2O3S. The van der Waals surface area contributed by atoms with E-state index in [-0.39, 0.29) is 23.4 Å². The van der Waals surface area contributed by atoms with Crippen molar-refractivity contribution in [2.24, 2.45) is 0 Å². The number of rotatable bonds is 8. The molecule has 0 unspecified atom stereocenters. The third kappa shape index (κ3) is 5.17. The summed E-state index contributed by atoms with van der Waals surface area (Å²) in [5, 5.41) is 3.09. The maximum Gasteiger partial charge on any atom is 0.264 e. The second-order valence-corrected chi connectivity index (χ2v) is 10.7. The maximum atomic E-state index is 13.6. The number of amides is 1. The Labute approximate surface area is 202 Å². The van der Waals surface area contributed by atoms with Crippen molar-refractivity contribution in [3.63, 3.8) is 0 Å². The molecule has 3 aromatic carbocycles. The summed E-state index contributed by atoms with van der Waals surface area (Å²) in [6, 6.07) is 21.8. The number of hydrogen-bond acceptors (Lipinski definition) is 3. The van der Waals surface area contributed by atoms with Crippen LogP contribution in [0.5, 0.6) is 0 Å². The van der Waals surface area contributed by atoms with Crippen molar-refractivity contribution in [2.75, 3.05) is 10.8 Å². The maximum absolute atomic E-state index is 13.6. The Morgan fingerprint density at radius 1 is 0.941 bits per heavy atom. The first kappa shape index (κ1) is 24.0. The zero-order valence-corrected chi connectivity index (χ0v) is 20.6. The van der Waals surface area contributed by atoms with Gasteiger partial charge in [-0.05, 0) is 79.5 Å². The van der Waals surface area contributed by atoms with Gasteiger partial charge in [-0.15, -0.1) is 0 Å². The monoisotopic (exact) mass is 476 g/mol. The fraction of sp³-hybridized carbons (Fsp3) is 0.321. The van der Waals surface area contributed by atoms with Crippen molar-refractivity contribution >= 4 is 21.6 Å². The smallest absolute Gasteiger partial charge is 0.264 e. The lowest BCUT2D eigenvalue weighted by molar-refractivity contribution is -0.120. The number of para-hydroxylation sites is 1. The van der Waals surface area contributed by atoms with Crippen LogP contribution in [0.2, 0.25) is 0 Å². The minimum absolute atomic E-state index is 0.160. The fourth-order valence-electron chi connectivity index (χ4n) is 4.62. The van der Waals surface area contributed by atoms with E-state index in [0.29, 0.717) is 5.69 Å². The first-order chi connectivity index (χ1) is 16.4. The van der Waals surface area contributed by atoms with E-state index in [4.69, 9.17) is 0 Å². The van der Waals surface area contributed by atoms with Crippen molar-refractivity contribution in [2.45, 2.75) is 56.9 Å². The highest BCUT2D eigenvalue weighted by Gasteiger charge is 2.29. The molecule has 0 bridgehead atoms. The van der Waals surface area contributed by atoms with Gasteiger partial charge in [0.15, 0.2) is 0 Å². The predicted molar refractivity (Wildman–Crippen MR) is 136 cm³/mol. The zero-order valence-electron chi connectivity index (χ0n) is 19.8. The van der Waals surface area contributed by atoms with Gasteiger partial charge < -0.3 is 5.32 Å². The number of nitrogens with zero attached hydrogens (tertiary/aromatic N) is 1. The predicted octanol–water partition coefficient (Wildman–Crippen LogP) is 5.34. The second-order valence-electron chi connectivity index (χ2n) is 8.87. The third-order valence-electron chi connectivity index (χ3n) is 6.52. The molecular weight excluding hydrogens is 444 g/mol. The van der Waals surface area contributed by atoms with Gasteiger partial charge in [0.25, 0.3) is 10.0 Å². The molecule has 1 N–H and O–H groups in total. The van der Waals surface area contributed by atoms with E-state index in [2.05, 4.69) is 23.5 Å². The van der Waals surface area contributed by atoms with Gasteiger partial charge in [-0.25, -0.2) is 8.42 Å². The second kappa shape index (κ2) is 10.4. The van der Waals surface area contributed by atoms with E-state index in [1.54, 1.807) is 42.5 Å². The Hall–Kier alpha value is -3.12. The standard InChI is InChI=1S/C28H32N2O3S/c1-3-26(24-18-17-22-12-8-9-13-23(22)19-24)29-28(31)20-30(27-16-10-7-11-21(27)2)34(32,33)25-14-5-4-6-15-25/h4-7,10-11,14-19,26H,3,8-9,12-13,20H2,1-2H3,(H,29,31)/t26-/m1/s1. The van der Waals surface area contributed by atoms with Crippen LogP contribution in [-0.2, 0) is 27.7 Å². The van der Waals surface area contributed by atoms with Crippen LogP contribution >= 0.6 is 0 Å². The average molecular weight is 477 g/mol. The largest absolute Gasteiger partial charge is 0.348 e. The number of carbonyl (C=O) groups excluding carboxylic acids is 1. The van der Waals surface area contributed by atoms with Gasteiger partial charge in [0.1, 0.15) is 6.54 Å². The van der Waals surface area contributed by atoms with E-state index in [1.165, 1.54) is 28.3 Å². The highest BCUT2D eigenvalue weighted by Crippen LogP contribution is 2.28. The molecule has 1 aliphatic carbocycles. The van der Waals surface area contributed by atoms with Crippen molar-refractivity contribution in [1.82, 2.24) is 5.32 Å². The molecule has 5 nitrogen and oxygen atoms in total. The first-order valence-electron chi connectivity index (χ1n) is 11.9. The quantitative estimate of drug-likeness (QED) is 0.477. The van der Waals surface area contributed by atoms with Gasteiger partial charge in [-0.3, -0.25) is 9.10 Å². The summed E-state index contributed by atoms with van der Waals surface area (Å²) in [6.07, 6.45) is 5.33. The van der Waals surface area contributed by atoms with E-state index < -0.39 is 10.0 Å². The van der Waals surface area contributed by atoms with E-state index in [0.717, 1.165) is 30.4 Å². The van der Waals surface area contributed by atoms with Gasteiger partial charge in [-0.1, -0.05) is 61.5 Å². The number of anilines is 1. The molecule has 0 radical (unpaired) electrons. The topological polar surface area (TPSA) is 66.5 Å². The summed E-state index contributed by atoms with van der Waals surface area (Å²) >= 11 is 0. The number of carbonyl (C=O) groups is 1. The Balaban J connectivity index is 1.60. The van der Waals surface area contributed by atoms with Gasteiger partial charge in [-0.2, -0.15) is 0 Å². The number of sulfonamides is 1. The van der Waals surface area contributed by atoms with Crippen molar-refractivity contribution in [3.8, 4) is 0 Å². The van der Waals surface area contributed by atoms with Crippen LogP contribution in [0.1, 0.15) is 54.5 Å². The van der Waals surface area contributed by atoms with Gasteiger partial charge in [0, 0.05) is 0 Å². The number of hydrogen-bond donors (Lipinski definition) is 1.